The second kappa shape index (κ2) is 12.6. The van der Waals surface area contributed by atoms with E-state index in [-0.39, 0.29) is 25.5 Å². The minimum atomic E-state index is -0.784. The molecule has 5 N–H and O–H groups in total. The molecule has 0 saturated carbocycles. The third-order valence-corrected chi connectivity index (χ3v) is 7.32. The highest BCUT2D eigenvalue weighted by molar-refractivity contribution is 5.95. The molecule has 42 heavy (non-hydrogen) atoms. The molecule has 4 aromatic rings. The van der Waals surface area contributed by atoms with Crippen LogP contribution in [0.4, 0.5) is 21.9 Å². The van der Waals surface area contributed by atoms with Gasteiger partial charge >= 0.3 is 12.1 Å². The number of fused-ring (bicyclic) bond motifs is 10. The number of amides is 2. The molecule has 2 amide bonds. The molecule has 2 atom stereocenters. The topological polar surface area (TPSA) is 132 Å². The SMILES string of the molecule is CCOC(=O)CC1NC(=O)[C@@H](Nc2ccc3c(N)cccc3c2)c2ccc(c(C)c2)CCOC(=O)Nc2cccc1c2. The normalized spacial score (nSPS) is 17.2. The van der Waals surface area contributed by atoms with Crippen LogP contribution in [-0.2, 0) is 25.5 Å². The first-order chi connectivity index (χ1) is 20.3. The van der Waals surface area contributed by atoms with Crippen LogP contribution in [0.25, 0.3) is 10.8 Å². The second-order valence-electron chi connectivity index (χ2n) is 10.3. The Morgan fingerprint density at radius 2 is 1.86 bits per heavy atom. The maximum absolute atomic E-state index is 14.1. The van der Waals surface area contributed by atoms with Crippen molar-refractivity contribution in [2.24, 2.45) is 0 Å². The zero-order valence-corrected chi connectivity index (χ0v) is 23.6. The smallest absolute Gasteiger partial charge is 0.411 e. The molecule has 0 aliphatic carbocycles. The molecule has 0 saturated heterocycles. The van der Waals surface area contributed by atoms with Gasteiger partial charge in [-0.3, -0.25) is 14.9 Å². The number of benzene rings is 4. The number of nitrogen functional groups attached to an aromatic ring is 1. The molecule has 9 heteroatoms. The van der Waals surface area contributed by atoms with E-state index in [1.807, 2.05) is 61.5 Å². The van der Waals surface area contributed by atoms with E-state index in [2.05, 4.69) is 16.0 Å². The van der Waals surface area contributed by atoms with E-state index in [0.29, 0.717) is 23.4 Å². The number of rotatable bonds is 5. The van der Waals surface area contributed by atoms with Gasteiger partial charge in [0, 0.05) is 28.9 Å². The summed E-state index contributed by atoms with van der Waals surface area (Å²) in [6, 6.07) is 22.8. The molecule has 4 bridgehead atoms. The first-order valence-electron chi connectivity index (χ1n) is 13.9. The number of esters is 1. The van der Waals surface area contributed by atoms with E-state index in [9.17, 15) is 14.4 Å². The van der Waals surface area contributed by atoms with Crippen molar-refractivity contribution in [1.29, 1.82) is 0 Å². The fourth-order valence-corrected chi connectivity index (χ4v) is 5.18. The standard InChI is InChI=1S/C33H34N4O5/c1-3-41-30(38)19-29-23-7-4-8-25(18-23)36-33(40)42-15-14-21-10-11-24(16-20(21)2)31(32(39)37-29)35-26-12-13-27-22(17-26)6-5-9-28(27)34/h4-13,16-18,29,31,35H,3,14-15,19,34H2,1-2H3,(H,36,40)(H,37,39)/t29?,31-/m0/s1. The van der Waals surface area contributed by atoms with E-state index in [1.165, 1.54) is 0 Å². The number of hydrogen-bond acceptors (Lipinski definition) is 7. The Bertz CT molecular complexity index is 1640. The van der Waals surface area contributed by atoms with Crippen LogP contribution in [0.5, 0.6) is 0 Å². The molecule has 6 rings (SSSR count). The molecule has 1 unspecified atom stereocenters. The van der Waals surface area contributed by atoms with Gasteiger partial charge in [-0.2, -0.15) is 0 Å². The maximum Gasteiger partial charge on any atom is 0.411 e. The predicted octanol–water partition coefficient (Wildman–Crippen LogP) is 5.80. The number of aryl methyl sites for hydroxylation is 1. The Hall–Kier alpha value is -5.05. The summed E-state index contributed by atoms with van der Waals surface area (Å²) in [5.41, 5.74) is 11.4. The van der Waals surface area contributed by atoms with E-state index < -0.39 is 24.1 Å². The average molecular weight is 567 g/mol. The van der Waals surface area contributed by atoms with Crippen LogP contribution in [-0.4, -0.2) is 31.2 Å². The van der Waals surface area contributed by atoms with E-state index in [0.717, 1.165) is 33.2 Å². The molecular weight excluding hydrogens is 532 g/mol. The molecule has 0 aromatic heterocycles. The molecule has 2 aliphatic rings. The highest BCUT2D eigenvalue weighted by atomic mass is 16.5. The van der Waals surface area contributed by atoms with Crippen molar-refractivity contribution in [1.82, 2.24) is 5.32 Å². The van der Waals surface area contributed by atoms with Crippen molar-refractivity contribution in [3.8, 4) is 0 Å². The zero-order valence-electron chi connectivity index (χ0n) is 23.6. The molecule has 216 valence electrons. The molecule has 2 heterocycles. The van der Waals surface area contributed by atoms with Crippen molar-refractivity contribution >= 4 is 45.8 Å². The largest absolute Gasteiger partial charge is 0.466 e. The van der Waals surface area contributed by atoms with Crippen molar-refractivity contribution < 1.29 is 23.9 Å². The summed E-state index contributed by atoms with van der Waals surface area (Å²) >= 11 is 0. The fourth-order valence-electron chi connectivity index (χ4n) is 5.18. The Morgan fingerprint density at radius 1 is 1.02 bits per heavy atom. The monoisotopic (exact) mass is 566 g/mol. The van der Waals surface area contributed by atoms with Crippen LogP contribution in [0.15, 0.2) is 78.9 Å². The van der Waals surface area contributed by atoms with Crippen LogP contribution >= 0.6 is 0 Å². The molecule has 0 radical (unpaired) electrons. The maximum atomic E-state index is 14.1. The summed E-state index contributed by atoms with van der Waals surface area (Å²) in [5, 5.41) is 11.1. The number of hydrogen-bond donors (Lipinski definition) is 4. The van der Waals surface area contributed by atoms with Gasteiger partial charge in [0.2, 0.25) is 5.91 Å². The van der Waals surface area contributed by atoms with Gasteiger partial charge in [0.05, 0.1) is 25.7 Å². The number of nitrogens with two attached hydrogens (primary N) is 1. The second-order valence-corrected chi connectivity index (χ2v) is 10.3. The third-order valence-electron chi connectivity index (χ3n) is 7.32. The average Bonchev–Trinajstić information content (AvgIpc) is 2.96. The number of carbonyl (C=O) groups is 3. The highest BCUT2D eigenvalue weighted by Gasteiger charge is 2.27. The first-order valence-corrected chi connectivity index (χ1v) is 13.9. The lowest BCUT2D eigenvalue weighted by atomic mass is 9.96. The molecule has 9 nitrogen and oxygen atoms in total. The van der Waals surface area contributed by atoms with E-state index >= 15 is 0 Å². The lowest BCUT2D eigenvalue weighted by Gasteiger charge is -2.26. The van der Waals surface area contributed by atoms with Gasteiger partial charge in [0.15, 0.2) is 0 Å². The van der Waals surface area contributed by atoms with Crippen LogP contribution in [0.1, 0.15) is 47.7 Å². The van der Waals surface area contributed by atoms with Gasteiger partial charge in [-0.15, -0.1) is 0 Å². The summed E-state index contributed by atoms with van der Waals surface area (Å²) in [6.07, 6.45) is -0.147. The Kier molecular flexibility index (Phi) is 8.57. The van der Waals surface area contributed by atoms with Gasteiger partial charge in [0.25, 0.3) is 0 Å². The van der Waals surface area contributed by atoms with Crippen LogP contribution in [0, 0.1) is 6.92 Å². The minimum absolute atomic E-state index is 0.0899. The number of carbonyl (C=O) groups excluding carboxylic acids is 3. The summed E-state index contributed by atoms with van der Waals surface area (Å²) in [4.78, 5) is 39.1. The van der Waals surface area contributed by atoms with Crippen molar-refractivity contribution in [3.63, 3.8) is 0 Å². The third kappa shape index (κ3) is 6.63. The van der Waals surface area contributed by atoms with Crippen molar-refractivity contribution in [2.45, 2.75) is 38.8 Å². The van der Waals surface area contributed by atoms with Gasteiger partial charge < -0.3 is 25.8 Å². The lowest BCUT2D eigenvalue weighted by molar-refractivity contribution is -0.143. The van der Waals surface area contributed by atoms with Crippen LogP contribution in [0.2, 0.25) is 0 Å². The highest BCUT2D eigenvalue weighted by Crippen LogP contribution is 2.29. The minimum Gasteiger partial charge on any atom is -0.466 e. The zero-order chi connectivity index (χ0) is 29.6. The molecular formula is C33H34N4O5. The first kappa shape index (κ1) is 28.5. The Morgan fingerprint density at radius 3 is 2.67 bits per heavy atom. The summed E-state index contributed by atoms with van der Waals surface area (Å²) in [6.45, 7) is 4.10. The molecule has 0 fully saturated rings. The Labute approximate surface area is 244 Å². The summed E-state index contributed by atoms with van der Waals surface area (Å²) in [5.74, 6) is -0.777. The number of ether oxygens (including phenoxy) is 2. The van der Waals surface area contributed by atoms with Gasteiger partial charge in [0.1, 0.15) is 6.04 Å². The summed E-state index contributed by atoms with van der Waals surface area (Å²) < 4.78 is 10.6. The van der Waals surface area contributed by atoms with Gasteiger partial charge in [-0.1, -0.05) is 48.5 Å². The van der Waals surface area contributed by atoms with Crippen LogP contribution < -0.4 is 21.7 Å². The Balaban J connectivity index is 1.55. The summed E-state index contributed by atoms with van der Waals surface area (Å²) in [7, 11) is 0. The lowest BCUT2D eigenvalue weighted by Crippen LogP contribution is -2.37. The number of nitrogens with one attached hydrogen (secondary N) is 3. The van der Waals surface area contributed by atoms with E-state index in [1.54, 1.807) is 31.2 Å². The van der Waals surface area contributed by atoms with Crippen LogP contribution in [0.3, 0.4) is 0 Å². The van der Waals surface area contributed by atoms with E-state index in [4.69, 9.17) is 15.2 Å². The molecule has 4 aromatic carbocycles. The van der Waals surface area contributed by atoms with Gasteiger partial charge in [-0.05, 0) is 71.8 Å². The molecule has 0 spiro atoms. The van der Waals surface area contributed by atoms with Gasteiger partial charge in [-0.25, -0.2) is 4.79 Å². The van der Waals surface area contributed by atoms with Crippen molar-refractivity contribution in [2.75, 3.05) is 29.6 Å². The number of anilines is 3. The predicted molar refractivity (Wildman–Crippen MR) is 163 cm³/mol. The molecule has 2 aliphatic heterocycles. The van der Waals surface area contributed by atoms with Crippen molar-refractivity contribution in [3.05, 3.63) is 101 Å². The quantitative estimate of drug-likeness (QED) is 0.177. The fraction of sp³-hybridized carbons (Fsp3) is 0.242.